The molecule has 0 unspecified atom stereocenters. The van der Waals surface area contributed by atoms with Crippen LogP contribution in [0.15, 0.2) is 24.3 Å². The zero-order valence-corrected chi connectivity index (χ0v) is 10.8. The van der Waals surface area contributed by atoms with Gasteiger partial charge in [0, 0.05) is 6.54 Å². The predicted molar refractivity (Wildman–Crippen MR) is 71.6 cm³/mol. The van der Waals surface area contributed by atoms with Crippen LogP contribution in [0.2, 0.25) is 0 Å². The Kier molecular flexibility index (Phi) is 4.41. The van der Waals surface area contributed by atoms with Gasteiger partial charge in [0.15, 0.2) is 18.1 Å². The van der Waals surface area contributed by atoms with Crippen LogP contribution in [0.1, 0.15) is 12.0 Å². The van der Waals surface area contributed by atoms with E-state index in [-0.39, 0.29) is 6.61 Å². The number of carboxylic acid groups (broad SMARTS) is 1. The van der Waals surface area contributed by atoms with Crippen LogP contribution in [-0.4, -0.2) is 37.9 Å². The van der Waals surface area contributed by atoms with Crippen molar-refractivity contribution in [2.75, 3.05) is 26.8 Å². The first-order valence-corrected chi connectivity index (χ1v) is 6.13. The van der Waals surface area contributed by atoms with E-state index in [1.807, 2.05) is 12.1 Å². The van der Waals surface area contributed by atoms with Crippen molar-refractivity contribution in [3.8, 4) is 11.5 Å². The van der Waals surface area contributed by atoms with E-state index in [1.54, 1.807) is 13.2 Å². The quantitative estimate of drug-likeness (QED) is 0.843. The Balaban J connectivity index is 2.20. The summed E-state index contributed by atoms with van der Waals surface area (Å²) in [5.41, 5.74) is 2.35. The van der Waals surface area contributed by atoms with E-state index in [0.29, 0.717) is 11.5 Å². The van der Waals surface area contributed by atoms with Gasteiger partial charge in [-0.25, -0.2) is 4.79 Å². The summed E-state index contributed by atoms with van der Waals surface area (Å²) in [6, 6.07) is 5.56. The lowest BCUT2D eigenvalue weighted by atomic mass is 10.00. The number of hydrogen-bond acceptors (Lipinski definition) is 4. The molecule has 0 spiro atoms. The molecule has 1 aliphatic heterocycles. The molecule has 0 amide bonds. The van der Waals surface area contributed by atoms with Gasteiger partial charge in [-0.15, -0.1) is 0 Å². The zero-order chi connectivity index (χ0) is 13.7. The Hall–Kier alpha value is -2.01. The van der Waals surface area contributed by atoms with E-state index in [0.717, 1.165) is 25.1 Å². The predicted octanol–water partition coefficient (Wildman–Crippen LogP) is 1.54. The number of benzene rings is 1. The van der Waals surface area contributed by atoms with E-state index < -0.39 is 5.97 Å². The summed E-state index contributed by atoms with van der Waals surface area (Å²) in [7, 11) is 1.55. The van der Waals surface area contributed by atoms with Gasteiger partial charge in [0.2, 0.25) is 0 Å². The Bertz CT molecular complexity index is 496. The number of rotatable bonds is 5. The molecule has 0 fully saturated rings. The summed E-state index contributed by atoms with van der Waals surface area (Å²) in [6.07, 6.45) is 3.12. The highest BCUT2D eigenvalue weighted by Crippen LogP contribution is 2.31. The van der Waals surface area contributed by atoms with E-state index in [4.69, 9.17) is 14.6 Å². The van der Waals surface area contributed by atoms with Crippen molar-refractivity contribution >= 4 is 11.5 Å². The van der Waals surface area contributed by atoms with E-state index >= 15 is 0 Å². The molecular formula is C14H17NO4. The maximum absolute atomic E-state index is 10.5. The molecule has 2 N–H and O–H groups in total. The average molecular weight is 263 g/mol. The third kappa shape index (κ3) is 3.48. The SMILES string of the molecule is COc1cc(C2=CCNCC2)ccc1OCC(=O)O. The van der Waals surface area contributed by atoms with Gasteiger partial charge in [-0.2, -0.15) is 0 Å². The summed E-state index contributed by atoms with van der Waals surface area (Å²) in [5, 5.41) is 11.9. The first-order valence-electron chi connectivity index (χ1n) is 6.13. The highest BCUT2D eigenvalue weighted by molar-refractivity contribution is 5.70. The van der Waals surface area contributed by atoms with E-state index in [1.165, 1.54) is 5.57 Å². The van der Waals surface area contributed by atoms with Crippen molar-refractivity contribution in [3.05, 3.63) is 29.8 Å². The molecule has 0 atom stereocenters. The number of aliphatic carboxylic acids is 1. The Labute approximate surface area is 111 Å². The molecule has 0 radical (unpaired) electrons. The molecule has 102 valence electrons. The van der Waals surface area contributed by atoms with E-state index in [9.17, 15) is 4.79 Å². The molecule has 1 aliphatic rings. The van der Waals surface area contributed by atoms with Crippen LogP contribution < -0.4 is 14.8 Å². The highest BCUT2D eigenvalue weighted by Gasteiger charge is 2.11. The number of carboxylic acids is 1. The Morgan fingerprint density at radius 1 is 1.42 bits per heavy atom. The zero-order valence-electron chi connectivity index (χ0n) is 10.8. The number of ether oxygens (including phenoxy) is 2. The van der Waals surface area contributed by atoms with Crippen molar-refractivity contribution in [1.82, 2.24) is 5.32 Å². The number of carbonyl (C=O) groups is 1. The van der Waals surface area contributed by atoms with Gasteiger partial charge < -0.3 is 19.9 Å². The van der Waals surface area contributed by atoms with Crippen molar-refractivity contribution in [2.45, 2.75) is 6.42 Å². The maximum Gasteiger partial charge on any atom is 0.341 e. The molecule has 19 heavy (non-hydrogen) atoms. The summed E-state index contributed by atoms with van der Waals surface area (Å²) in [4.78, 5) is 10.5. The largest absolute Gasteiger partial charge is 0.493 e. The summed E-state index contributed by atoms with van der Waals surface area (Å²) < 4.78 is 10.4. The molecule has 1 aromatic rings. The minimum Gasteiger partial charge on any atom is -0.493 e. The molecule has 1 heterocycles. The van der Waals surface area contributed by atoms with Crippen molar-refractivity contribution < 1.29 is 19.4 Å². The molecule has 1 aromatic carbocycles. The van der Waals surface area contributed by atoms with Crippen LogP contribution >= 0.6 is 0 Å². The second-order valence-corrected chi connectivity index (χ2v) is 4.23. The van der Waals surface area contributed by atoms with Crippen molar-refractivity contribution in [2.24, 2.45) is 0 Å². The fraction of sp³-hybridized carbons (Fsp3) is 0.357. The van der Waals surface area contributed by atoms with Crippen LogP contribution in [0.4, 0.5) is 0 Å². The van der Waals surface area contributed by atoms with Gasteiger partial charge in [0.05, 0.1) is 7.11 Å². The summed E-state index contributed by atoms with van der Waals surface area (Å²) in [6.45, 7) is 1.46. The number of nitrogens with one attached hydrogen (secondary N) is 1. The standard InChI is InChI=1S/C14H17NO4/c1-18-13-8-11(10-4-6-15-7-5-10)2-3-12(13)19-9-14(16)17/h2-4,8,15H,5-7,9H2,1H3,(H,16,17). The van der Waals surface area contributed by atoms with Gasteiger partial charge >= 0.3 is 5.97 Å². The molecule has 5 nitrogen and oxygen atoms in total. The van der Waals surface area contributed by atoms with Gasteiger partial charge in [0.25, 0.3) is 0 Å². The van der Waals surface area contributed by atoms with Crippen LogP contribution in [0, 0.1) is 0 Å². The molecule has 0 aromatic heterocycles. The molecule has 0 bridgehead atoms. The third-order valence-corrected chi connectivity index (χ3v) is 2.95. The maximum atomic E-state index is 10.5. The molecule has 0 aliphatic carbocycles. The van der Waals surface area contributed by atoms with Crippen LogP contribution in [0.3, 0.4) is 0 Å². The lowest BCUT2D eigenvalue weighted by molar-refractivity contribution is -0.139. The van der Waals surface area contributed by atoms with Gasteiger partial charge in [-0.05, 0) is 36.2 Å². The topological polar surface area (TPSA) is 67.8 Å². The van der Waals surface area contributed by atoms with Crippen LogP contribution in [-0.2, 0) is 4.79 Å². The van der Waals surface area contributed by atoms with Gasteiger partial charge in [-0.3, -0.25) is 0 Å². The summed E-state index contributed by atoms with van der Waals surface area (Å²) >= 11 is 0. The van der Waals surface area contributed by atoms with Crippen molar-refractivity contribution in [3.63, 3.8) is 0 Å². The summed E-state index contributed by atoms with van der Waals surface area (Å²) in [5.74, 6) is -0.00596. The lowest BCUT2D eigenvalue weighted by Gasteiger charge is -2.16. The van der Waals surface area contributed by atoms with Gasteiger partial charge in [-0.1, -0.05) is 12.1 Å². The Morgan fingerprint density at radius 3 is 2.89 bits per heavy atom. The molecule has 5 heteroatoms. The molecular weight excluding hydrogens is 246 g/mol. The first-order chi connectivity index (χ1) is 9.20. The second-order valence-electron chi connectivity index (χ2n) is 4.23. The number of hydrogen-bond donors (Lipinski definition) is 2. The first kappa shape index (κ1) is 13.4. The van der Waals surface area contributed by atoms with Crippen LogP contribution in [0.5, 0.6) is 11.5 Å². The minimum atomic E-state index is -1.01. The Morgan fingerprint density at radius 2 is 2.26 bits per heavy atom. The monoisotopic (exact) mass is 263 g/mol. The van der Waals surface area contributed by atoms with Crippen molar-refractivity contribution in [1.29, 1.82) is 0 Å². The van der Waals surface area contributed by atoms with E-state index in [2.05, 4.69) is 11.4 Å². The highest BCUT2D eigenvalue weighted by atomic mass is 16.5. The van der Waals surface area contributed by atoms with Gasteiger partial charge in [0.1, 0.15) is 0 Å². The third-order valence-electron chi connectivity index (χ3n) is 2.95. The smallest absolute Gasteiger partial charge is 0.341 e. The molecule has 0 saturated carbocycles. The minimum absolute atomic E-state index is 0.373. The average Bonchev–Trinajstić information content (AvgIpc) is 2.45. The van der Waals surface area contributed by atoms with Crippen LogP contribution in [0.25, 0.3) is 5.57 Å². The normalized spacial score (nSPS) is 14.7. The number of methoxy groups -OCH3 is 1. The lowest BCUT2D eigenvalue weighted by Crippen LogP contribution is -2.20. The molecule has 0 saturated heterocycles. The fourth-order valence-electron chi connectivity index (χ4n) is 2.01. The fourth-order valence-corrected chi connectivity index (χ4v) is 2.01. The molecule has 2 rings (SSSR count). The second kappa shape index (κ2) is 6.24.